The molecule has 2 aliphatic rings. The van der Waals surface area contributed by atoms with Crippen molar-refractivity contribution in [2.24, 2.45) is 0 Å². The summed E-state index contributed by atoms with van der Waals surface area (Å²) in [6, 6.07) is 11.3. The van der Waals surface area contributed by atoms with E-state index in [9.17, 15) is 14.0 Å². The Morgan fingerprint density at radius 2 is 1.72 bits per heavy atom. The van der Waals surface area contributed by atoms with Crippen molar-refractivity contribution in [3.8, 4) is 22.9 Å². The molecule has 0 radical (unpaired) electrons. The Kier molecular flexibility index (Phi) is 5.32. The van der Waals surface area contributed by atoms with Crippen molar-refractivity contribution in [3.63, 3.8) is 0 Å². The van der Waals surface area contributed by atoms with Gasteiger partial charge in [0.15, 0.2) is 5.82 Å². The first-order valence-electron chi connectivity index (χ1n) is 12.7. The Balaban J connectivity index is 1.33. The van der Waals surface area contributed by atoms with Gasteiger partial charge in [-0.2, -0.15) is 5.10 Å². The molecule has 0 bridgehead atoms. The lowest BCUT2D eigenvalue weighted by Gasteiger charge is -2.35. The number of carbonyl (C=O) groups is 2. The zero-order valence-electron chi connectivity index (χ0n) is 20.5. The maximum atomic E-state index is 15.0. The smallest absolute Gasteiger partial charge is 0.261 e. The maximum Gasteiger partial charge on any atom is 0.261 e. The van der Waals surface area contributed by atoms with E-state index in [1.165, 1.54) is 29.4 Å². The molecule has 3 aromatic heterocycles. The first kappa shape index (κ1) is 23.3. The molecule has 0 saturated heterocycles. The number of imide groups is 1. The number of hydrogen-bond donors (Lipinski definition) is 1. The number of pyridine rings is 1. The van der Waals surface area contributed by atoms with Gasteiger partial charge in [-0.05, 0) is 62.1 Å². The Morgan fingerprint density at radius 1 is 0.897 bits per heavy atom. The molecule has 2 aromatic carbocycles. The molecule has 5 aromatic rings. The first-order chi connectivity index (χ1) is 19.0. The third-order valence-corrected chi connectivity index (χ3v) is 7.58. The van der Waals surface area contributed by atoms with Crippen LogP contribution in [0.15, 0.2) is 61.1 Å². The van der Waals surface area contributed by atoms with Gasteiger partial charge in [0, 0.05) is 12.1 Å². The minimum Gasteiger partial charge on any atom is -0.321 e. The van der Waals surface area contributed by atoms with Gasteiger partial charge in [0.25, 0.3) is 11.8 Å². The lowest BCUT2D eigenvalue weighted by atomic mass is 9.89. The SMILES string of the molecule is O=C1c2ccc(F)cc2C(=O)N1[C@H]1CCC[C@@H](n2c(-c3ccccc3F)nc3cnc(-c4ncn[nH]4)cc32)C1. The Bertz CT molecular complexity index is 1770. The van der Waals surface area contributed by atoms with Crippen molar-refractivity contribution in [1.29, 1.82) is 0 Å². The average molecular weight is 526 g/mol. The molecule has 1 aliphatic heterocycles. The highest BCUT2D eigenvalue weighted by Crippen LogP contribution is 2.40. The van der Waals surface area contributed by atoms with E-state index in [2.05, 4.69) is 20.2 Å². The fraction of sp³-hybridized carbons (Fsp3) is 0.214. The third-order valence-electron chi connectivity index (χ3n) is 7.58. The summed E-state index contributed by atoms with van der Waals surface area (Å²) in [4.78, 5) is 41.1. The van der Waals surface area contributed by atoms with Gasteiger partial charge in [-0.3, -0.25) is 24.6 Å². The van der Waals surface area contributed by atoms with Crippen LogP contribution in [-0.4, -0.2) is 52.5 Å². The number of hydrogen-bond acceptors (Lipinski definition) is 6. The van der Waals surface area contributed by atoms with Crippen LogP contribution in [0.3, 0.4) is 0 Å². The molecule has 1 aliphatic carbocycles. The van der Waals surface area contributed by atoms with Crippen molar-refractivity contribution in [1.82, 2.24) is 34.6 Å². The van der Waals surface area contributed by atoms with Gasteiger partial charge in [0.2, 0.25) is 0 Å². The number of amides is 2. The number of aromatic nitrogens is 6. The predicted molar refractivity (Wildman–Crippen MR) is 136 cm³/mol. The largest absolute Gasteiger partial charge is 0.321 e. The van der Waals surface area contributed by atoms with Crippen molar-refractivity contribution in [3.05, 3.63) is 83.8 Å². The van der Waals surface area contributed by atoms with Gasteiger partial charge < -0.3 is 4.57 Å². The topological polar surface area (TPSA) is 110 Å². The minimum absolute atomic E-state index is 0.0880. The number of benzene rings is 2. The van der Waals surface area contributed by atoms with Gasteiger partial charge >= 0.3 is 0 Å². The van der Waals surface area contributed by atoms with E-state index < -0.39 is 29.5 Å². The molecular formula is C28H21F2N7O2. The summed E-state index contributed by atoms with van der Waals surface area (Å²) in [5.74, 6) is -0.948. The summed E-state index contributed by atoms with van der Waals surface area (Å²) in [5, 5.41) is 6.71. The first-order valence-corrected chi connectivity index (χ1v) is 12.7. The van der Waals surface area contributed by atoms with Crippen molar-refractivity contribution >= 4 is 22.8 Å². The minimum atomic E-state index is -0.561. The molecule has 9 nitrogen and oxygen atoms in total. The highest BCUT2D eigenvalue weighted by Gasteiger charge is 2.42. The number of rotatable bonds is 4. The predicted octanol–water partition coefficient (Wildman–Crippen LogP) is 4.94. The van der Waals surface area contributed by atoms with Crippen molar-refractivity contribution in [2.75, 3.05) is 0 Å². The summed E-state index contributed by atoms with van der Waals surface area (Å²) in [6.45, 7) is 0. The lowest BCUT2D eigenvalue weighted by molar-refractivity contribution is 0.0526. The standard InChI is InChI=1S/C28H21F2N7O2/c29-15-8-9-18-20(10-15)28(39)37(27(18)38)17-5-3-4-16(11-17)36-24-12-22(25-32-14-33-35-25)31-13-23(24)34-26(36)19-6-1-2-7-21(19)30/h1-2,6-10,12-14,16-17H,3-5,11H2,(H,32,33,35)/t16-,17+/m1/s1. The molecule has 1 N–H and O–H groups in total. The van der Waals surface area contributed by atoms with Crippen LogP contribution >= 0.6 is 0 Å². The van der Waals surface area contributed by atoms with Crippen LogP contribution in [0, 0.1) is 11.6 Å². The van der Waals surface area contributed by atoms with Crippen molar-refractivity contribution < 1.29 is 18.4 Å². The molecule has 1 fully saturated rings. The highest BCUT2D eigenvalue weighted by atomic mass is 19.1. The zero-order valence-corrected chi connectivity index (χ0v) is 20.5. The molecule has 4 heterocycles. The van der Waals surface area contributed by atoms with Crippen LogP contribution in [0.4, 0.5) is 8.78 Å². The van der Waals surface area contributed by atoms with Gasteiger partial charge in [-0.25, -0.2) is 18.7 Å². The van der Waals surface area contributed by atoms with E-state index in [4.69, 9.17) is 4.98 Å². The van der Waals surface area contributed by atoms with Crippen LogP contribution in [0.1, 0.15) is 52.4 Å². The molecule has 1 saturated carbocycles. The van der Waals surface area contributed by atoms with E-state index in [-0.39, 0.29) is 17.2 Å². The van der Waals surface area contributed by atoms with Crippen LogP contribution in [0.2, 0.25) is 0 Å². The van der Waals surface area contributed by atoms with Crippen LogP contribution in [0.25, 0.3) is 33.9 Å². The van der Waals surface area contributed by atoms with Gasteiger partial charge in [0.1, 0.15) is 35.0 Å². The lowest BCUT2D eigenvalue weighted by Crippen LogP contribution is -2.43. The van der Waals surface area contributed by atoms with E-state index in [1.54, 1.807) is 24.4 Å². The molecule has 7 rings (SSSR count). The monoisotopic (exact) mass is 525 g/mol. The molecular weight excluding hydrogens is 504 g/mol. The molecule has 2 atom stereocenters. The average Bonchev–Trinajstić information content (AvgIpc) is 3.66. The van der Waals surface area contributed by atoms with E-state index in [0.717, 1.165) is 24.4 Å². The quantitative estimate of drug-likeness (QED) is 0.333. The fourth-order valence-electron chi connectivity index (χ4n) is 5.83. The van der Waals surface area contributed by atoms with E-state index >= 15 is 4.39 Å². The number of nitrogens with zero attached hydrogens (tertiary/aromatic N) is 6. The summed E-state index contributed by atoms with van der Waals surface area (Å²) < 4.78 is 30.9. The summed E-state index contributed by atoms with van der Waals surface area (Å²) in [6.07, 6.45) is 5.54. The van der Waals surface area contributed by atoms with Gasteiger partial charge in [-0.1, -0.05) is 12.1 Å². The van der Waals surface area contributed by atoms with Gasteiger partial charge in [-0.15, -0.1) is 0 Å². The Labute approximate surface area is 220 Å². The summed E-state index contributed by atoms with van der Waals surface area (Å²) >= 11 is 0. The second-order valence-electron chi connectivity index (χ2n) is 9.82. The highest BCUT2D eigenvalue weighted by molar-refractivity contribution is 6.21. The van der Waals surface area contributed by atoms with E-state index in [0.29, 0.717) is 41.3 Å². The molecule has 11 heteroatoms. The molecule has 39 heavy (non-hydrogen) atoms. The number of H-pyrrole nitrogens is 1. The van der Waals surface area contributed by atoms with Crippen LogP contribution < -0.4 is 0 Å². The second-order valence-corrected chi connectivity index (χ2v) is 9.82. The number of nitrogens with one attached hydrogen (secondary N) is 1. The number of imidazole rings is 1. The second kappa shape index (κ2) is 8.90. The van der Waals surface area contributed by atoms with E-state index in [1.807, 2.05) is 10.6 Å². The fourth-order valence-corrected chi connectivity index (χ4v) is 5.83. The Hall–Kier alpha value is -4.80. The number of aromatic amines is 1. The van der Waals surface area contributed by atoms with Crippen LogP contribution in [0.5, 0.6) is 0 Å². The van der Waals surface area contributed by atoms with Crippen LogP contribution in [-0.2, 0) is 0 Å². The third kappa shape index (κ3) is 3.72. The Morgan fingerprint density at radius 3 is 2.54 bits per heavy atom. The zero-order chi connectivity index (χ0) is 26.7. The summed E-state index contributed by atoms with van der Waals surface area (Å²) in [5.41, 5.74) is 2.50. The number of carbonyl (C=O) groups excluding carboxylic acids is 2. The van der Waals surface area contributed by atoms with Crippen molar-refractivity contribution in [2.45, 2.75) is 37.8 Å². The molecule has 194 valence electrons. The maximum absolute atomic E-state index is 15.0. The molecule has 2 amide bonds. The summed E-state index contributed by atoms with van der Waals surface area (Å²) in [7, 11) is 0. The molecule has 0 unspecified atom stereocenters. The molecule has 0 spiro atoms. The number of halogens is 2. The van der Waals surface area contributed by atoms with Gasteiger partial charge in [0.05, 0.1) is 28.4 Å². The number of fused-ring (bicyclic) bond motifs is 2. The normalized spacial score (nSPS) is 19.2.